The van der Waals surface area contributed by atoms with Gasteiger partial charge in [-0.1, -0.05) is 24.3 Å². The van der Waals surface area contributed by atoms with Gasteiger partial charge in [-0.3, -0.25) is 9.20 Å². The molecule has 6 rings (SSSR count). The van der Waals surface area contributed by atoms with E-state index in [4.69, 9.17) is 25.2 Å². The third kappa shape index (κ3) is 4.53. The van der Waals surface area contributed by atoms with Gasteiger partial charge in [-0.15, -0.1) is 11.3 Å². The lowest BCUT2D eigenvalue weighted by Crippen LogP contribution is -2.35. The standard InChI is InChI=1S/C30H29N5O3S/c1-19-27(35-14-11-22(37-2)17-26(35)32-19)25-18-39-29(34-25)30(12-15-38-16-13-30)21-9-7-20(8-10-21)28(36)33-24-6-4-3-5-23(24)31/h3-11,14,17-18H,12-13,15-16,31H2,1-2H3,(H,33,36). The summed E-state index contributed by atoms with van der Waals surface area (Å²) in [5.41, 5.74) is 12.1. The van der Waals surface area contributed by atoms with Crippen molar-refractivity contribution in [1.29, 1.82) is 0 Å². The van der Waals surface area contributed by atoms with Crippen LogP contribution >= 0.6 is 11.3 Å². The number of ether oxygens (including phenoxy) is 2. The Morgan fingerprint density at radius 3 is 2.62 bits per heavy atom. The topological polar surface area (TPSA) is 104 Å². The van der Waals surface area contributed by atoms with Gasteiger partial charge in [-0.05, 0) is 55.7 Å². The van der Waals surface area contributed by atoms with Crippen LogP contribution in [0.5, 0.6) is 5.75 Å². The molecular weight excluding hydrogens is 510 g/mol. The minimum absolute atomic E-state index is 0.197. The molecule has 9 heteroatoms. The van der Waals surface area contributed by atoms with Gasteiger partial charge in [-0.25, -0.2) is 9.97 Å². The van der Waals surface area contributed by atoms with E-state index in [-0.39, 0.29) is 11.3 Å². The number of nitrogens with two attached hydrogens (primary N) is 1. The van der Waals surface area contributed by atoms with Crippen LogP contribution in [0.25, 0.3) is 17.0 Å². The van der Waals surface area contributed by atoms with E-state index in [1.807, 2.05) is 61.7 Å². The van der Waals surface area contributed by atoms with Crippen LogP contribution in [0.15, 0.2) is 72.2 Å². The first kappa shape index (κ1) is 25.1. The molecule has 1 aliphatic heterocycles. The van der Waals surface area contributed by atoms with Crippen molar-refractivity contribution in [3.05, 3.63) is 94.1 Å². The number of benzene rings is 2. The number of imidazole rings is 1. The highest BCUT2D eigenvalue weighted by Gasteiger charge is 2.39. The van der Waals surface area contributed by atoms with Crippen LogP contribution in [-0.2, 0) is 10.2 Å². The fourth-order valence-corrected chi connectivity index (χ4v) is 6.36. The number of nitrogens with zero attached hydrogens (tertiary/aromatic N) is 3. The van der Waals surface area contributed by atoms with Crippen molar-refractivity contribution in [1.82, 2.24) is 14.4 Å². The molecule has 4 heterocycles. The number of aryl methyl sites for hydroxylation is 1. The third-order valence-electron chi connectivity index (χ3n) is 7.42. The molecule has 3 aromatic heterocycles. The van der Waals surface area contributed by atoms with Crippen molar-refractivity contribution in [3.8, 4) is 17.1 Å². The smallest absolute Gasteiger partial charge is 0.255 e. The van der Waals surface area contributed by atoms with Crippen molar-refractivity contribution in [2.45, 2.75) is 25.2 Å². The number of hydrogen-bond donors (Lipinski definition) is 2. The number of rotatable bonds is 6. The number of pyridine rings is 1. The van der Waals surface area contributed by atoms with Gasteiger partial charge in [0.1, 0.15) is 22.1 Å². The number of aromatic nitrogens is 3. The van der Waals surface area contributed by atoms with Crippen molar-refractivity contribution in [3.63, 3.8) is 0 Å². The van der Waals surface area contributed by atoms with Gasteiger partial charge >= 0.3 is 0 Å². The molecule has 198 valence electrons. The zero-order valence-corrected chi connectivity index (χ0v) is 22.6. The third-order valence-corrected chi connectivity index (χ3v) is 8.47. The van der Waals surface area contributed by atoms with Gasteiger partial charge in [0, 0.05) is 36.4 Å². The Hall–Kier alpha value is -4.21. The number of para-hydroxylation sites is 2. The van der Waals surface area contributed by atoms with Crippen molar-refractivity contribution in [2.24, 2.45) is 0 Å². The van der Waals surface area contributed by atoms with E-state index in [2.05, 4.69) is 15.1 Å². The maximum atomic E-state index is 12.9. The number of fused-ring (bicyclic) bond motifs is 1. The molecular formula is C30H29N5O3S. The van der Waals surface area contributed by atoms with Crippen LogP contribution in [0.1, 0.15) is 39.5 Å². The minimum Gasteiger partial charge on any atom is -0.497 e. The van der Waals surface area contributed by atoms with E-state index in [1.54, 1.807) is 30.6 Å². The van der Waals surface area contributed by atoms with Crippen LogP contribution in [-0.4, -0.2) is 40.6 Å². The second kappa shape index (κ2) is 10.2. The Morgan fingerprint density at radius 2 is 1.87 bits per heavy atom. The van der Waals surface area contributed by atoms with Crippen molar-refractivity contribution < 1.29 is 14.3 Å². The summed E-state index contributed by atoms with van der Waals surface area (Å²) in [6, 6.07) is 18.9. The molecule has 1 aliphatic rings. The Kier molecular flexibility index (Phi) is 6.54. The number of amides is 1. The molecule has 1 amide bonds. The zero-order chi connectivity index (χ0) is 27.0. The summed E-state index contributed by atoms with van der Waals surface area (Å²) in [5.74, 6) is 0.570. The van der Waals surface area contributed by atoms with Gasteiger partial charge in [0.15, 0.2) is 0 Å². The van der Waals surface area contributed by atoms with Crippen LogP contribution < -0.4 is 15.8 Å². The number of carbonyl (C=O) groups is 1. The van der Waals surface area contributed by atoms with Gasteiger partial charge in [0.25, 0.3) is 5.91 Å². The molecule has 3 N–H and O–H groups in total. The first-order valence-electron chi connectivity index (χ1n) is 12.8. The summed E-state index contributed by atoms with van der Waals surface area (Å²) in [4.78, 5) is 22.8. The van der Waals surface area contributed by atoms with Gasteiger partial charge in [0.2, 0.25) is 0 Å². The quantitative estimate of drug-likeness (QED) is 0.268. The molecule has 0 radical (unpaired) electrons. The van der Waals surface area contributed by atoms with E-state index >= 15 is 0 Å². The fraction of sp³-hybridized carbons (Fsp3) is 0.233. The van der Waals surface area contributed by atoms with Crippen LogP contribution in [0.2, 0.25) is 0 Å². The van der Waals surface area contributed by atoms with Crippen molar-refractivity contribution >= 4 is 34.3 Å². The average molecular weight is 540 g/mol. The van der Waals surface area contributed by atoms with Gasteiger partial charge in [0.05, 0.1) is 35.3 Å². The number of hydrogen-bond acceptors (Lipinski definition) is 7. The molecule has 0 bridgehead atoms. The predicted molar refractivity (Wildman–Crippen MR) is 154 cm³/mol. The first-order chi connectivity index (χ1) is 19.0. The zero-order valence-electron chi connectivity index (χ0n) is 21.8. The summed E-state index contributed by atoms with van der Waals surface area (Å²) in [6.07, 6.45) is 3.60. The number of nitrogens with one attached hydrogen (secondary N) is 1. The normalized spacial score (nSPS) is 14.8. The molecule has 8 nitrogen and oxygen atoms in total. The monoisotopic (exact) mass is 539 g/mol. The lowest BCUT2D eigenvalue weighted by atomic mass is 9.74. The molecule has 0 saturated carbocycles. The number of methoxy groups -OCH3 is 1. The molecule has 39 heavy (non-hydrogen) atoms. The Morgan fingerprint density at radius 1 is 1.10 bits per heavy atom. The van der Waals surface area contributed by atoms with Gasteiger partial charge in [-0.2, -0.15) is 0 Å². The van der Waals surface area contributed by atoms with Crippen LogP contribution in [0, 0.1) is 6.92 Å². The number of nitrogen functional groups attached to an aromatic ring is 1. The Bertz CT molecular complexity index is 1650. The van der Waals surface area contributed by atoms with Crippen LogP contribution in [0.3, 0.4) is 0 Å². The number of carbonyl (C=O) groups excluding carboxylic acids is 1. The minimum atomic E-state index is -0.294. The van der Waals surface area contributed by atoms with Crippen molar-refractivity contribution in [2.75, 3.05) is 31.4 Å². The van der Waals surface area contributed by atoms with E-state index < -0.39 is 0 Å². The average Bonchev–Trinajstić information content (AvgIpc) is 3.58. The lowest BCUT2D eigenvalue weighted by molar-refractivity contribution is 0.0630. The largest absolute Gasteiger partial charge is 0.497 e. The van der Waals surface area contributed by atoms with Gasteiger partial charge < -0.3 is 20.5 Å². The first-order valence-corrected chi connectivity index (χ1v) is 13.7. The molecule has 0 unspecified atom stereocenters. The summed E-state index contributed by atoms with van der Waals surface area (Å²) in [7, 11) is 1.65. The summed E-state index contributed by atoms with van der Waals surface area (Å²) >= 11 is 1.66. The highest BCUT2D eigenvalue weighted by molar-refractivity contribution is 7.10. The number of anilines is 2. The summed E-state index contributed by atoms with van der Waals surface area (Å²) in [5, 5.41) is 6.05. The Labute approximate surface area is 230 Å². The fourth-order valence-electron chi connectivity index (χ4n) is 5.27. The Balaban J connectivity index is 1.33. The van der Waals surface area contributed by atoms with Crippen LogP contribution in [0.4, 0.5) is 11.4 Å². The SMILES string of the molecule is COc1ccn2c(-c3csc(C4(c5ccc(C(=O)Nc6ccccc6N)cc5)CCOCC4)n3)c(C)nc2c1. The highest BCUT2D eigenvalue weighted by Crippen LogP contribution is 2.44. The van der Waals surface area contributed by atoms with E-state index in [0.29, 0.717) is 30.2 Å². The second-order valence-corrected chi connectivity index (χ2v) is 10.5. The lowest BCUT2D eigenvalue weighted by Gasteiger charge is -2.36. The van der Waals surface area contributed by atoms with E-state index in [0.717, 1.165) is 51.9 Å². The second-order valence-electron chi connectivity index (χ2n) is 9.69. The highest BCUT2D eigenvalue weighted by atomic mass is 32.1. The molecule has 5 aromatic rings. The van der Waals surface area contributed by atoms with E-state index in [1.165, 1.54) is 0 Å². The summed E-state index contributed by atoms with van der Waals surface area (Å²) < 4.78 is 13.2. The molecule has 1 saturated heterocycles. The number of thiazole rings is 1. The predicted octanol–water partition coefficient (Wildman–Crippen LogP) is 5.71. The maximum absolute atomic E-state index is 12.9. The molecule has 2 aromatic carbocycles. The molecule has 0 spiro atoms. The van der Waals surface area contributed by atoms with E-state index in [9.17, 15) is 4.79 Å². The molecule has 0 aliphatic carbocycles. The maximum Gasteiger partial charge on any atom is 0.255 e. The summed E-state index contributed by atoms with van der Waals surface area (Å²) in [6.45, 7) is 3.31. The molecule has 1 fully saturated rings. The molecule has 0 atom stereocenters.